The standard InChI is InChI=1S/C22H35N7O6S/c1-12(30)17(20(33)27-15(21(34)35)8-5-9-26-22(24)25)29-19(32)16(11-36)28-18(31)14(23)10-13-6-3-2-4-7-13/h2-4,6-7,12,14-17,30,36H,5,8-11,23H2,1H3,(H,27,33)(H,28,31)(H,29,32)(H,34,35)(H4,24,25,26). The van der Waals surface area contributed by atoms with Crippen LogP contribution in [0.25, 0.3) is 0 Å². The van der Waals surface area contributed by atoms with Gasteiger partial charge < -0.3 is 43.4 Å². The Hall–Kier alpha value is -3.36. The molecule has 3 amide bonds. The molecular formula is C22H35N7O6S. The van der Waals surface area contributed by atoms with Crippen LogP contribution >= 0.6 is 12.6 Å². The van der Waals surface area contributed by atoms with Gasteiger partial charge in [0.2, 0.25) is 17.7 Å². The van der Waals surface area contributed by atoms with Crippen LogP contribution < -0.4 is 33.2 Å². The van der Waals surface area contributed by atoms with Crippen molar-refractivity contribution >= 4 is 42.3 Å². The van der Waals surface area contributed by atoms with E-state index in [1.807, 2.05) is 30.3 Å². The molecule has 0 radical (unpaired) electrons. The predicted octanol–water partition coefficient (Wildman–Crippen LogP) is -2.54. The van der Waals surface area contributed by atoms with Crippen molar-refractivity contribution in [2.24, 2.45) is 22.2 Å². The molecule has 0 heterocycles. The van der Waals surface area contributed by atoms with Crippen molar-refractivity contribution in [1.29, 1.82) is 0 Å². The van der Waals surface area contributed by atoms with Crippen molar-refractivity contribution in [3.63, 3.8) is 0 Å². The molecule has 0 fully saturated rings. The molecule has 11 N–H and O–H groups in total. The third-order valence-corrected chi connectivity index (χ3v) is 5.44. The number of guanidine groups is 1. The van der Waals surface area contributed by atoms with E-state index in [-0.39, 0.29) is 37.5 Å². The van der Waals surface area contributed by atoms with Crippen LogP contribution in [0.2, 0.25) is 0 Å². The van der Waals surface area contributed by atoms with Gasteiger partial charge >= 0.3 is 5.97 Å². The number of nitrogens with zero attached hydrogens (tertiary/aromatic N) is 1. The number of rotatable bonds is 15. The van der Waals surface area contributed by atoms with Crippen molar-refractivity contribution in [3.05, 3.63) is 35.9 Å². The quantitative estimate of drug-likeness (QED) is 0.0507. The number of benzene rings is 1. The maximum atomic E-state index is 12.7. The van der Waals surface area contributed by atoms with Crippen LogP contribution in [0.3, 0.4) is 0 Å². The van der Waals surface area contributed by atoms with E-state index in [1.165, 1.54) is 6.92 Å². The molecule has 5 atom stereocenters. The molecule has 1 aromatic rings. The van der Waals surface area contributed by atoms with Gasteiger partial charge in [0.1, 0.15) is 18.1 Å². The summed E-state index contributed by atoms with van der Waals surface area (Å²) in [7, 11) is 0. The number of thiol groups is 1. The fraction of sp³-hybridized carbons (Fsp3) is 0.500. The number of carbonyl (C=O) groups is 4. The van der Waals surface area contributed by atoms with Gasteiger partial charge in [-0.1, -0.05) is 30.3 Å². The van der Waals surface area contributed by atoms with Crippen molar-refractivity contribution < 1.29 is 29.4 Å². The Bertz CT molecular complexity index is 911. The highest BCUT2D eigenvalue weighted by Gasteiger charge is 2.32. The summed E-state index contributed by atoms with van der Waals surface area (Å²) in [5.41, 5.74) is 17.2. The lowest BCUT2D eigenvalue weighted by Crippen LogP contribution is -2.60. The molecule has 13 nitrogen and oxygen atoms in total. The van der Waals surface area contributed by atoms with E-state index < -0.39 is 54.0 Å². The van der Waals surface area contributed by atoms with Crippen LogP contribution in [0.1, 0.15) is 25.3 Å². The fourth-order valence-corrected chi connectivity index (χ4v) is 3.37. The molecule has 14 heteroatoms. The summed E-state index contributed by atoms with van der Waals surface area (Å²) in [6, 6.07) is 4.18. The van der Waals surface area contributed by atoms with Crippen molar-refractivity contribution in [2.45, 2.75) is 56.5 Å². The molecule has 36 heavy (non-hydrogen) atoms. The zero-order chi connectivity index (χ0) is 27.3. The van der Waals surface area contributed by atoms with Crippen LogP contribution in [-0.4, -0.2) is 82.4 Å². The van der Waals surface area contributed by atoms with Crippen LogP contribution in [0, 0.1) is 0 Å². The maximum absolute atomic E-state index is 12.7. The van der Waals surface area contributed by atoms with Gasteiger partial charge in [-0.2, -0.15) is 12.6 Å². The van der Waals surface area contributed by atoms with E-state index in [0.29, 0.717) is 0 Å². The molecular weight excluding hydrogens is 490 g/mol. The minimum atomic E-state index is -1.49. The number of hydrogen-bond donors (Lipinski definition) is 9. The lowest BCUT2D eigenvalue weighted by molar-refractivity contribution is -0.143. The predicted molar refractivity (Wildman–Crippen MR) is 137 cm³/mol. The highest BCUT2D eigenvalue weighted by Crippen LogP contribution is 2.04. The van der Waals surface area contributed by atoms with Crippen LogP contribution in [0.15, 0.2) is 35.3 Å². The SMILES string of the molecule is CC(O)C(NC(=O)C(CS)NC(=O)C(N)Cc1ccccc1)C(=O)NC(CCCN=C(N)N)C(=O)O. The molecule has 0 aliphatic rings. The molecule has 0 bridgehead atoms. The number of carboxylic acids is 1. The van der Waals surface area contributed by atoms with Gasteiger partial charge in [0.25, 0.3) is 0 Å². The summed E-state index contributed by atoms with van der Waals surface area (Å²) in [5, 5.41) is 26.5. The first-order valence-electron chi connectivity index (χ1n) is 11.2. The second-order valence-electron chi connectivity index (χ2n) is 8.12. The number of nitrogens with two attached hydrogens (primary N) is 3. The van der Waals surface area contributed by atoms with Gasteiger partial charge in [-0.15, -0.1) is 0 Å². The Kier molecular flexibility index (Phi) is 13.3. The molecule has 5 unspecified atom stereocenters. The minimum Gasteiger partial charge on any atom is -0.480 e. The van der Waals surface area contributed by atoms with Crippen LogP contribution in [0.4, 0.5) is 0 Å². The van der Waals surface area contributed by atoms with Crippen LogP contribution in [-0.2, 0) is 25.6 Å². The summed E-state index contributed by atoms with van der Waals surface area (Å²) in [6.45, 7) is 1.41. The molecule has 0 aliphatic heterocycles. The Morgan fingerprint density at radius 3 is 2.14 bits per heavy atom. The summed E-state index contributed by atoms with van der Waals surface area (Å²) < 4.78 is 0. The molecule has 1 aromatic carbocycles. The first-order chi connectivity index (χ1) is 17.0. The smallest absolute Gasteiger partial charge is 0.326 e. The lowest BCUT2D eigenvalue weighted by atomic mass is 10.1. The van der Waals surface area contributed by atoms with Crippen molar-refractivity contribution in [1.82, 2.24) is 16.0 Å². The Morgan fingerprint density at radius 2 is 1.61 bits per heavy atom. The number of nitrogens with one attached hydrogen (secondary N) is 3. The molecule has 0 aromatic heterocycles. The van der Waals surface area contributed by atoms with E-state index in [2.05, 4.69) is 33.6 Å². The first-order valence-corrected chi connectivity index (χ1v) is 11.9. The van der Waals surface area contributed by atoms with Crippen molar-refractivity contribution in [3.8, 4) is 0 Å². The summed E-state index contributed by atoms with van der Waals surface area (Å²) >= 11 is 4.08. The number of carboxylic acid groups (broad SMARTS) is 1. The second-order valence-corrected chi connectivity index (χ2v) is 8.48. The van der Waals surface area contributed by atoms with Gasteiger partial charge in [-0.25, -0.2) is 4.79 Å². The molecule has 0 spiro atoms. The summed E-state index contributed by atoms with van der Waals surface area (Å²) in [4.78, 5) is 53.2. The van der Waals surface area contributed by atoms with E-state index in [9.17, 15) is 29.4 Å². The third kappa shape index (κ3) is 10.9. The largest absolute Gasteiger partial charge is 0.480 e. The molecule has 0 saturated carbocycles. The normalized spacial score (nSPS) is 14.9. The molecule has 1 rings (SSSR count). The van der Waals surface area contributed by atoms with Gasteiger partial charge in [0.15, 0.2) is 5.96 Å². The average molecular weight is 526 g/mol. The Balaban J connectivity index is 2.76. The van der Waals surface area contributed by atoms with Gasteiger partial charge in [0, 0.05) is 12.3 Å². The number of aliphatic imine (C=N–C) groups is 1. The zero-order valence-corrected chi connectivity index (χ0v) is 20.9. The molecule has 0 saturated heterocycles. The third-order valence-electron chi connectivity index (χ3n) is 5.07. The monoisotopic (exact) mass is 525 g/mol. The van der Waals surface area contributed by atoms with E-state index in [0.717, 1.165) is 5.56 Å². The lowest BCUT2D eigenvalue weighted by Gasteiger charge is -2.26. The Labute approximate surface area is 214 Å². The molecule has 200 valence electrons. The Morgan fingerprint density at radius 1 is 1.00 bits per heavy atom. The highest BCUT2D eigenvalue weighted by atomic mass is 32.1. The number of aliphatic hydroxyl groups is 1. The first kappa shape index (κ1) is 30.7. The zero-order valence-electron chi connectivity index (χ0n) is 20.0. The maximum Gasteiger partial charge on any atom is 0.326 e. The van der Waals surface area contributed by atoms with Crippen molar-refractivity contribution in [2.75, 3.05) is 12.3 Å². The van der Waals surface area contributed by atoms with Gasteiger partial charge in [0.05, 0.1) is 12.1 Å². The number of aliphatic hydroxyl groups excluding tert-OH is 1. The van der Waals surface area contributed by atoms with E-state index in [1.54, 1.807) is 0 Å². The number of amides is 3. The van der Waals surface area contributed by atoms with Gasteiger partial charge in [-0.05, 0) is 31.7 Å². The molecule has 0 aliphatic carbocycles. The number of carbonyl (C=O) groups excluding carboxylic acids is 3. The fourth-order valence-electron chi connectivity index (χ4n) is 3.12. The van der Waals surface area contributed by atoms with E-state index >= 15 is 0 Å². The van der Waals surface area contributed by atoms with Crippen LogP contribution in [0.5, 0.6) is 0 Å². The minimum absolute atomic E-state index is 0.00690. The average Bonchev–Trinajstić information content (AvgIpc) is 2.82. The summed E-state index contributed by atoms with van der Waals surface area (Å²) in [6.07, 6.45) is -0.863. The summed E-state index contributed by atoms with van der Waals surface area (Å²) in [5.74, 6) is -3.89. The van der Waals surface area contributed by atoms with Gasteiger partial charge in [-0.3, -0.25) is 19.4 Å². The van der Waals surface area contributed by atoms with E-state index in [4.69, 9.17) is 17.2 Å². The second kappa shape index (κ2) is 15.6. The number of hydrogen-bond acceptors (Lipinski definition) is 8. The number of aliphatic carboxylic acids is 1. The highest BCUT2D eigenvalue weighted by molar-refractivity contribution is 7.80. The topological polar surface area (TPSA) is 235 Å².